The van der Waals surface area contributed by atoms with Gasteiger partial charge in [-0.25, -0.2) is 4.98 Å². The summed E-state index contributed by atoms with van der Waals surface area (Å²) >= 11 is 1.21. The third-order valence-electron chi connectivity index (χ3n) is 3.93. The number of nitrogens with one attached hydrogen (secondary N) is 2. The van der Waals surface area contributed by atoms with E-state index in [-0.39, 0.29) is 24.2 Å². The third-order valence-corrected chi connectivity index (χ3v) is 4.69. The van der Waals surface area contributed by atoms with Gasteiger partial charge in [-0.05, 0) is 38.1 Å². The Morgan fingerprint density at radius 1 is 1.28 bits per heavy atom. The zero-order valence-electron chi connectivity index (χ0n) is 13.1. The number of piperidine rings is 1. The van der Waals surface area contributed by atoms with E-state index in [2.05, 4.69) is 15.6 Å². The molecule has 1 fully saturated rings. The highest BCUT2D eigenvalue weighted by atomic mass is 35.5. The number of rotatable bonds is 3. The second-order valence-corrected chi connectivity index (χ2v) is 6.49. The minimum absolute atomic E-state index is 0. The molecule has 4 nitrogen and oxygen atoms in total. The molecule has 0 aliphatic carbocycles. The van der Waals surface area contributed by atoms with Gasteiger partial charge >= 0.3 is 6.18 Å². The van der Waals surface area contributed by atoms with Gasteiger partial charge in [0.1, 0.15) is 0 Å². The number of hydrogen-bond acceptors (Lipinski definition) is 4. The molecular weight excluding hydrogens is 375 g/mol. The number of alkyl halides is 3. The molecule has 0 unspecified atom stereocenters. The van der Waals surface area contributed by atoms with Gasteiger partial charge in [0, 0.05) is 16.9 Å². The smallest absolute Gasteiger partial charge is 0.317 e. The van der Waals surface area contributed by atoms with Crippen LogP contribution in [0.2, 0.25) is 0 Å². The number of anilines is 1. The molecule has 1 aliphatic rings. The van der Waals surface area contributed by atoms with Gasteiger partial charge in [0.2, 0.25) is 5.91 Å². The first kappa shape index (κ1) is 19.7. The first-order valence-corrected chi connectivity index (χ1v) is 8.46. The zero-order valence-corrected chi connectivity index (χ0v) is 14.7. The van der Waals surface area contributed by atoms with Crippen LogP contribution in [0.4, 0.5) is 18.3 Å². The summed E-state index contributed by atoms with van der Waals surface area (Å²) in [5, 5.41) is 8.01. The average Bonchev–Trinajstić information content (AvgIpc) is 3.03. The van der Waals surface area contributed by atoms with Gasteiger partial charge in [-0.15, -0.1) is 23.7 Å². The maximum Gasteiger partial charge on any atom is 0.416 e. The van der Waals surface area contributed by atoms with Crippen molar-refractivity contribution >= 4 is 34.8 Å². The lowest BCUT2D eigenvalue weighted by Gasteiger charge is -2.21. The van der Waals surface area contributed by atoms with E-state index in [4.69, 9.17) is 0 Å². The molecule has 25 heavy (non-hydrogen) atoms. The van der Waals surface area contributed by atoms with Gasteiger partial charge in [-0.3, -0.25) is 4.79 Å². The molecule has 0 spiro atoms. The van der Waals surface area contributed by atoms with Crippen LogP contribution < -0.4 is 10.6 Å². The molecule has 2 N–H and O–H groups in total. The van der Waals surface area contributed by atoms with Gasteiger partial charge in [0.05, 0.1) is 11.3 Å². The van der Waals surface area contributed by atoms with Crippen LogP contribution in [0.5, 0.6) is 0 Å². The highest BCUT2D eigenvalue weighted by molar-refractivity contribution is 7.14. The van der Waals surface area contributed by atoms with Crippen molar-refractivity contribution in [3.8, 4) is 11.3 Å². The SMILES string of the molecule is Cl.O=C(Nc1nc(-c2cccc(C(F)(F)F)c2)cs1)C1CCNCC1. The fraction of sp³-hybridized carbons (Fsp3) is 0.375. The molecule has 2 aromatic rings. The number of benzene rings is 1. The monoisotopic (exact) mass is 391 g/mol. The maximum absolute atomic E-state index is 12.8. The van der Waals surface area contributed by atoms with Crippen LogP contribution in [-0.2, 0) is 11.0 Å². The Bertz CT molecular complexity index is 729. The summed E-state index contributed by atoms with van der Waals surface area (Å²) in [4.78, 5) is 16.4. The van der Waals surface area contributed by atoms with Gasteiger partial charge in [-0.1, -0.05) is 12.1 Å². The predicted octanol–water partition coefficient (Wildman–Crippen LogP) is 4.19. The Kier molecular flexibility index (Phi) is 6.42. The Morgan fingerprint density at radius 3 is 2.68 bits per heavy atom. The minimum atomic E-state index is -4.39. The number of halogens is 4. The van der Waals surface area contributed by atoms with Gasteiger partial charge in [-0.2, -0.15) is 13.2 Å². The summed E-state index contributed by atoms with van der Waals surface area (Å²) in [5.74, 6) is -0.131. The molecule has 0 atom stereocenters. The van der Waals surface area contributed by atoms with Crippen molar-refractivity contribution in [1.82, 2.24) is 10.3 Å². The summed E-state index contributed by atoms with van der Waals surface area (Å²) in [6.45, 7) is 1.62. The highest BCUT2D eigenvalue weighted by Gasteiger charge is 2.30. The van der Waals surface area contributed by atoms with Crippen molar-refractivity contribution in [2.45, 2.75) is 19.0 Å². The summed E-state index contributed by atoms with van der Waals surface area (Å²) in [6.07, 6.45) is -2.84. The topological polar surface area (TPSA) is 54.0 Å². The number of carbonyl (C=O) groups excluding carboxylic acids is 1. The van der Waals surface area contributed by atoms with Crippen LogP contribution in [0.15, 0.2) is 29.6 Å². The van der Waals surface area contributed by atoms with E-state index in [1.54, 1.807) is 11.4 Å². The van der Waals surface area contributed by atoms with Crippen LogP contribution >= 0.6 is 23.7 Å². The predicted molar refractivity (Wildman–Crippen MR) is 94.0 cm³/mol. The second kappa shape index (κ2) is 8.16. The molecule has 1 aromatic carbocycles. The molecule has 1 aliphatic heterocycles. The molecule has 0 saturated carbocycles. The molecule has 2 heterocycles. The largest absolute Gasteiger partial charge is 0.416 e. The van der Waals surface area contributed by atoms with Crippen LogP contribution in [-0.4, -0.2) is 24.0 Å². The summed E-state index contributed by atoms with van der Waals surface area (Å²) in [7, 11) is 0. The number of hydrogen-bond donors (Lipinski definition) is 2. The Labute approximate surface area is 153 Å². The highest BCUT2D eigenvalue weighted by Crippen LogP contribution is 2.33. The van der Waals surface area contributed by atoms with Gasteiger partial charge in [0.25, 0.3) is 0 Å². The molecule has 1 saturated heterocycles. The minimum Gasteiger partial charge on any atom is -0.317 e. The van der Waals surface area contributed by atoms with Crippen molar-refractivity contribution in [3.05, 3.63) is 35.2 Å². The van der Waals surface area contributed by atoms with Crippen molar-refractivity contribution in [1.29, 1.82) is 0 Å². The molecule has 0 bridgehead atoms. The fourth-order valence-electron chi connectivity index (χ4n) is 2.61. The Morgan fingerprint density at radius 2 is 2.00 bits per heavy atom. The quantitative estimate of drug-likeness (QED) is 0.824. The van der Waals surface area contributed by atoms with Crippen LogP contribution in [0, 0.1) is 5.92 Å². The number of carbonyl (C=O) groups is 1. The first-order valence-electron chi connectivity index (χ1n) is 7.58. The van der Waals surface area contributed by atoms with Crippen LogP contribution in [0.25, 0.3) is 11.3 Å². The lowest BCUT2D eigenvalue weighted by atomic mass is 9.97. The lowest BCUT2D eigenvalue weighted by molar-refractivity contribution is -0.137. The normalized spacial score (nSPS) is 15.5. The number of aromatic nitrogens is 1. The Balaban J connectivity index is 0.00000225. The standard InChI is InChI=1S/C16H16F3N3OS.ClH/c17-16(18,19)12-3-1-2-11(8-12)13-9-24-15(21-13)22-14(23)10-4-6-20-7-5-10;/h1-3,8-10,20H,4-7H2,(H,21,22,23);1H. The molecule has 0 radical (unpaired) electrons. The van der Waals surface area contributed by atoms with Crippen LogP contribution in [0.1, 0.15) is 18.4 Å². The fourth-order valence-corrected chi connectivity index (χ4v) is 3.33. The third kappa shape index (κ3) is 4.93. The molecule has 9 heteroatoms. The number of thiazole rings is 1. The van der Waals surface area contributed by atoms with Gasteiger partial charge < -0.3 is 10.6 Å². The van der Waals surface area contributed by atoms with E-state index < -0.39 is 11.7 Å². The maximum atomic E-state index is 12.8. The number of nitrogens with zero attached hydrogens (tertiary/aromatic N) is 1. The lowest BCUT2D eigenvalue weighted by Crippen LogP contribution is -2.34. The zero-order chi connectivity index (χ0) is 17.2. The average molecular weight is 392 g/mol. The van der Waals surface area contributed by atoms with Gasteiger partial charge in [0.15, 0.2) is 5.13 Å². The van der Waals surface area contributed by atoms with Crippen molar-refractivity contribution in [3.63, 3.8) is 0 Å². The second-order valence-electron chi connectivity index (χ2n) is 5.63. The molecular formula is C16H17ClF3N3OS. The molecule has 136 valence electrons. The van der Waals surface area contributed by atoms with Crippen molar-refractivity contribution in [2.75, 3.05) is 18.4 Å². The van der Waals surface area contributed by atoms with E-state index >= 15 is 0 Å². The Hall–Kier alpha value is -1.64. The summed E-state index contributed by atoms with van der Waals surface area (Å²) in [5.41, 5.74) is 0.0865. The van der Waals surface area contributed by atoms with E-state index in [1.165, 1.54) is 17.4 Å². The van der Waals surface area contributed by atoms with Crippen LogP contribution in [0.3, 0.4) is 0 Å². The first-order chi connectivity index (χ1) is 11.4. The summed E-state index contributed by atoms with van der Waals surface area (Å²) < 4.78 is 38.4. The number of amides is 1. The van der Waals surface area contributed by atoms with E-state index in [1.807, 2.05) is 0 Å². The molecule has 1 aromatic heterocycles. The van der Waals surface area contributed by atoms with Crippen molar-refractivity contribution in [2.24, 2.45) is 5.92 Å². The molecule has 1 amide bonds. The van der Waals surface area contributed by atoms with E-state index in [0.29, 0.717) is 16.4 Å². The van der Waals surface area contributed by atoms with Crippen molar-refractivity contribution < 1.29 is 18.0 Å². The van der Waals surface area contributed by atoms with E-state index in [9.17, 15) is 18.0 Å². The van der Waals surface area contributed by atoms with E-state index in [0.717, 1.165) is 38.1 Å². The summed E-state index contributed by atoms with van der Waals surface area (Å²) in [6, 6.07) is 5.01. The molecule has 3 rings (SSSR count).